The summed E-state index contributed by atoms with van der Waals surface area (Å²) in [5, 5.41) is 2.22. The van der Waals surface area contributed by atoms with Crippen LogP contribution in [0.1, 0.15) is 64.4 Å². The minimum Gasteiger partial charge on any atom is -0.299 e. The van der Waals surface area contributed by atoms with Gasteiger partial charge < -0.3 is 0 Å². The molecule has 2 aromatic rings. The van der Waals surface area contributed by atoms with Crippen molar-refractivity contribution in [3.63, 3.8) is 0 Å². The van der Waals surface area contributed by atoms with Gasteiger partial charge in [-0.3, -0.25) is 34.3 Å². The van der Waals surface area contributed by atoms with E-state index in [1.165, 1.54) is 12.1 Å². The number of benzene rings is 2. The van der Waals surface area contributed by atoms with Gasteiger partial charge in [-0.25, -0.2) is 4.39 Å². The highest BCUT2D eigenvalue weighted by atomic mass is 19.1. The highest BCUT2D eigenvalue weighted by Gasteiger charge is 2.45. The van der Waals surface area contributed by atoms with Crippen LogP contribution in [0.5, 0.6) is 0 Å². The smallest absolute Gasteiger partial charge is 0.262 e. The first-order valence-corrected chi connectivity index (χ1v) is 11.6. The second-order valence-corrected chi connectivity index (χ2v) is 9.67. The molecule has 0 radical (unpaired) electrons. The number of carbonyl (C=O) groups is 4. The molecular weight excluding hydrogens is 437 g/mol. The zero-order valence-electron chi connectivity index (χ0n) is 19.0. The van der Waals surface area contributed by atoms with Crippen LogP contribution in [0.2, 0.25) is 0 Å². The quantitative estimate of drug-likeness (QED) is 0.705. The topological polar surface area (TPSA) is 86.8 Å². The second kappa shape index (κ2) is 8.43. The molecule has 1 unspecified atom stereocenters. The standard InChI is InChI=1S/C26H26FN3O4/c1-26(10-12-29(13-11-26)15-16-2-5-18(27)6-3-16)17-4-7-19-20(14-17)25(34)30(24(19)33)21-8-9-22(31)28-23(21)32/h2-7,14,21H,8-13,15H2,1H3,(H,28,31,32). The Kier molecular flexibility index (Phi) is 5.56. The lowest BCUT2D eigenvalue weighted by atomic mass is 9.74. The molecular formula is C26H26FN3O4. The van der Waals surface area contributed by atoms with E-state index >= 15 is 0 Å². The molecule has 2 aromatic carbocycles. The molecule has 176 valence electrons. The number of hydrogen-bond donors (Lipinski definition) is 1. The lowest BCUT2D eigenvalue weighted by molar-refractivity contribution is -0.136. The third kappa shape index (κ3) is 3.92. The fourth-order valence-electron chi connectivity index (χ4n) is 5.19. The lowest BCUT2D eigenvalue weighted by Gasteiger charge is -2.40. The molecule has 3 aliphatic rings. The molecule has 1 atom stereocenters. The van der Waals surface area contributed by atoms with Gasteiger partial charge in [-0.15, -0.1) is 0 Å². The van der Waals surface area contributed by atoms with Gasteiger partial charge >= 0.3 is 0 Å². The van der Waals surface area contributed by atoms with E-state index in [0.717, 1.165) is 48.5 Å². The summed E-state index contributed by atoms with van der Waals surface area (Å²) in [4.78, 5) is 53.2. The van der Waals surface area contributed by atoms with Crippen LogP contribution >= 0.6 is 0 Å². The summed E-state index contributed by atoms with van der Waals surface area (Å²) in [6, 6.07) is 11.0. The normalized spacial score (nSPS) is 22.6. The van der Waals surface area contributed by atoms with Crippen molar-refractivity contribution in [2.45, 2.75) is 50.6 Å². The number of piperidine rings is 2. The summed E-state index contributed by atoms with van der Waals surface area (Å²) in [7, 11) is 0. The number of rotatable bonds is 4. The monoisotopic (exact) mass is 463 g/mol. The number of nitrogens with one attached hydrogen (secondary N) is 1. The molecule has 0 saturated carbocycles. The van der Waals surface area contributed by atoms with Crippen molar-refractivity contribution in [3.8, 4) is 0 Å². The molecule has 5 rings (SSSR count). The Morgan fingerprint density at radius 3 is 2.32 bits per heavy atom. The van der Waals surface area contributed by atoms with Gasteiger partial charge in [-0.1, -0.05) is 25.1 Å². The number of likely N-dealkylation sites (tertiary alicyclic amines) is 1. The maximum absolute atomic E-state index is 13.2. The van der Waals surface area contributed by atoms with E-state index in [4.69, 9.17) is 0 Å². The average Bonchev–Trinajstić information content (AvgIpc) is 3.07. The summed E-state index contributed by atoms with van der Waals surface area (Å²) in [5.41, 5.74) is 2.54. The number of imide groups is 2. The zero-order valence-corrected chi connectivity index (χ0v) is 19.0. The van der Waals surface area contributed by atoms with Crippen molar-refractivity contribution >= 4 is 23.6 Å². The van der Waals surface area contributed by atoms with Gasteiger partial charge in [-0.05, 0) is 73.2 Å². The molecule has 4 amide bonds. The second-order valence-electron chi connectivity index (χ2n) is 9.67. The van der Waals surface area contributed by atoms with E-state index in [1.54, 1.807) is 24.3 Å². The van der Waals surface area contributed by atoms with E-state index < -0.39 is 23.8 Å². The molecule has 3 heterocycles. The van der Waals surface area contributed by atoms with Crippen LogP contribution in [0.4, 0.5) is 4.39 Å². The largest absolute Gasteiger partial charge is 0.299 e. The fraction of sp³-hybridized carbons (Fsp3) is 0.385. The van der Waals surface area contributed by atoms with Gasteiger partial charge in [0.15, 0.2) is 0 Å². The van der Waals surface area contributed by atoms with Gasteiger partial charge in [0.1, 0.15) is 11.9 Å². The summed E-state index contributed by atoms with van der Waals surface area (Å²) < 4.78 is 13.2. The van der Waals surface area contributed by atoms with Crippen molar-refractivity contribution in [2.75, 3.05) is 13.1 Å². The SMILES string of the molecule is CC1(c2ccc3c(c2)C(=O)N(C2CCC(=O)NC2=O)C3=O)CCN(Cc2ccc(F)cc2)CC1. The zero-order chi connectivity index (χ0) is 24.0. The number of carbonyl (C=O) groups excluding carboxylic acids is 4. The van der Waals surface area contributed by atoms with Crippen molar-refractivity contribution < 1.29 is 23.6 Å². The lowest BCUT2D eigenvalue weighted by Crippen LogP contribution is -2.54. The molecule has 34 heavy (non-hydrogen) atoms. The van der Waals surface area contributed by atoms with Crippen LogP contribution in [0.15, 0.2) is 42.5 Å². The number of amides is 4. The Balaban J connectivity index is 1.31. The van der Waals surface area contributed by atoms with Crippen LogP contribution in [0.25, 0.3) is 0 Å². The van der Waals surface area contributed by atoms with Crippen LogP contribution in [-0.4, -0.2) is 52.6 Å². The van der Waals surface area contributed by atoms with Crippen LogP contribution in [0, 0.1) is 5.82 Å². The highest BCUT2D eigenvalue weighted by Crippen LogP contribution is 2.38. The maximum atomic E-state index is 13.2. The minimum atomic E-state index is -0.959. The van der Waals surface area contributed by atoms with E-state index in [0.29, 0.717) is 11.1 Å². The molecule has 8 heteroatoms. The van der Waals surface area contributed by atoms with Gasteiger partial charge in [0.2, 0.25) is 11.8 Å². The first-order valence-electron chi connectivity index (χ1n) is 11.6. The van der Waals surface area contributed by atoms with Gasteiger partial charge in [0.25, 0.3) is 11.8 Å². The van der Waals surface area contributed by atoms with Crippen LogP contribution < -0.4 is 5.32 Å². The van der Waals surface area contributed by atoms with E-state index in [2.05, 4.69) is 17.1 Å². The fourth-order valence-corrected chi connectivity index (χ4v) is 5.19. The Morgan fingerprint density at radius 1 is 0.971 bits per heavy atom. The summed E-state index contributed by atoms with van der Waals surface area (Å²) in [6.45, 7) is 4.65. The molecule has 0 spiro atoms. The molecule has 0 bridgehead atoms. The number of hydrogen-bond acceptors (Lipinski definition) is 5. The number of halogens is 1. The van der Waals surface area contributed by atoms with Crippen LogP contribution in [-0.2, 0) is 21.5 Å². The van der Waals surface area contributed by atoms with Crippen molar-refractivity contribution in [2.24, 2.45) is 0 Å². The maximum Gasteiger partial charge on any atom is 0.262 e. The predicted molar refractivity (Wildman–Crippen MR) is 121 cm³/mol. The summed E-state index contributed by atoms with van der Waals surface area (Å²) in [6.07, 6.45) is 2.00. The third-order valence-corrected chi connectivity index (χ3v) is 7.42. The minimum absolute atomic E-state index is 0.0988. The molecule has 0 aliphatic carbocycles. The number of nitrogens with zero attached hydrogens (tertiary/aromatic N) is 2. The van der Waals surface area contributed by atoms with Gasteiger partial charge in [0.05, 0.1) is 11.1 Å². The van der Waals surface area contributed by atoms with E-state index in [-0.39, 0.29) is 30.0 Å². The van der Waals surface area contributed by atoms with Gasteiger partial charge in [-0.2, -0.15) is 0 Å². The summed E-state index contributed by atoms with van der Waals surface area (Å²) in [5.74, 6) is -2.20. The predicted octanol–water partition coefficient (Wildman–Crippen LogP) is 2.78. The van der Waals surface area contributed by atoms with Crippen molar-refractivity contribution in [1.82, 2.24) is 15.1 Å². The molecule has 7 nitrogen and oxygen atoms in total. The van der Waals surface area contributed by atoms with Gasteiger partial charge in [0, 0.05) is 13.0 Å². The Labute approximate surface area is 196 Å². The first-order chi connectivity index (χ1) is 16.2. The Bertz CT molecular complexity index is 1190. The van der Waals surface area contributed by atoms with E-state index in [9.17, 15) is 23.6 Å². The highest BCUT2D eigenvalue weighted by molar-refractivity contribution is 6.23. The molecule has 0 aromatic heterocycles. The third-order valence-electron chi connectivity index (χ3n) is 7.42. The molecule has 2 saturated heterocycles. The van der Waals surface area contributed by atoms with Crippen LogP contribution in [0.3, 0.4) is 0 Å². The van der Waals surface area contributed by atoms with E-state index in [1.807, 2.05) is 6.07 Å². The Hall–Kier alpha value is -3.39. The van der Waals surface area contributed by atoms with Crippen molar-refractivity contribution in [1.29, 1.82) is 0 Å². The first kappa shape index (κ1) is 22.4. The molecule has 3 aliphatic heterocycles. The molecule has 1 N–H and O–H groups in total. The van der Waals surface area contributed by atoms with Crippen molar-refractivity contribution in [3.05, 3.63) is 70.5 Å². The molecule has 2 fully saturated rings. The summed E-state index contributed by atoms with van der Waals surface area (Å²) >= 11 is 0. The Morgan fingerprint density at radius 2 is 1.65 bits per heavy atom. The average molecular weight is 464 g/mol. The number of fused-ring (bicyclic) bond motifs is 1.